The maximum Gasteiger partial charge on any atom is 0.224 e. The van der Waals surface area contributed by atoms with Gasteiger partial charge in [-0.15, -0.1) is 11.3 Å². The molecular weight excluding hydrogens is 310 g/mol. The number of thiophene rings is 1. The summed E-state index contributed by atoms with van der Waals surface area (Å²) in [4.78, 5) is 12.9. The maximum atomic E-state index is 11.8. The Morgan fingerprint density at radius 2 is 2.00 bits per heavy atom. The molecule has 21 heavy (non-hydrogen) atoms. The van der Waals surface area contributed by atoms with Crippen LogP contribution in [0.1, 0.15) is 11.3 Å². The Hall–Kier alpha value is -1.56. The molecule has 2 rings (SSSR count). The summed E-state index contributed by atoms with van der Waals surface area (Å²) in [5, 5.41) is 11.5. The van der Waals surface area contributed by atoms with E-state index in [1.807, 2.05) is 12.1 Å². The largest absolute Gasteiger partial charge is 0.491 e. The second-order valence-corrected chi connectivity index (χ2v) is 6.15. The quantitative estimate of drug-likeness (QED) is 0.820. The fourth-order valence-electron chi connectivity index (χ4n) is 1.74. The summed E-state index contributed by atoms with van der Waals surface area (Å²) in [5.74, 6) is 0.624. The van der Waals surface area contributed by atoms with E-state index in [9.17, 15) is 4.79 Å². The van der Waals surface area contributed by atoms with Gasteiger partial charge in [0.1, 0.15) is 12.4 Å². The summed E-state index contributed by atoms with van der Waals surface area (Å²) in [7, 11) is 0. The molecule has 0 saturated heterocycles. The molecular formula is C15H16ClNO3S. The average molecular weight is 326 g/mol. The normalized spacial score (nSPS) is 10.4. The summed E-state index contributed by atoms with van der Waals surface area (Å²) in [6, 6.07) is 10.8. The van der Waals surface area contributed by atoms with E-state index in [2.05, 4.69) is 5.32 Å². The van der Waals surface area contributed by atoms with Crippen LogP contribution < -0.4 is 10.1 Å². The Kier molecular flexibility index (Phi) is 6.04. The lowest BCUT2D eigenvalue weighted by Crippen LogP contribution is -2.12. The molecule has 112 valence electrons. The zero-order valence-corrected chi connectivity index (χ0v) is 12.9. The molecule has 0 aliphatic carbocycles. The van der Waals surface area contributed by atoms with Crippen LogP contribution in [0, 0.1) is 0 Å². The Bertz CT molecular complexity index is 583. The van der Waals surface area contributed by atoms with Crippen molar-refractivity contribution in [3.63, 3.8) is 0 Å². The summed E-state index contributed by atoms with van der Waals surface area (Å²) >= 11 is 7.34. The molecule has 2 aromatic rings. The van der Waals surface area contributed by atoms with E-state index in [0.717, 1.165) is 14.9 Å². The van der Waals surface area contributed by atoms with Crippen molar-refractivity contribution in [2.75, 3.05) is 18.5 Å². The number of amides is 1. The first-order valence-electron chi connectivity index (χ1n) is 6.55. The van der Waals surface area contributed by atoms with Crippen LogP contribution in [0.15, 0.2) is 36.4 Å². The molecule has 1 aromatic carbocycles. The van der Waals surface area contributed by atoms with Crippen LogP contribution in [0.2, 0.25) is 4.34 Å². The number of halogens is 1. The van der Waals surface area contributed by atoms with E-state index in [4.69, 9.17) is 21.4 Å². The van der Waals surface area contributed by atoms with Crippen molar-refractivity contribution in [2.45, 2.75) is 12.8 Å². The van der Waals surface area contributed by atoms with E-state index in [1.165, 1.54) is 11.3 Å². The molecule has 1 amide bonds. The van der Waals surface area contributed by atoms with Gasteiger partial charge in [-0.3, -0.25) is 4.79 Å². The molecule has 0 unspecified atom stereocenters. The van der Waals surface area contributed by atoms with E-state index in [1.54, 1.807) is 24.3 Å². The van der Waals surface area contributed by atoms with Gasteiger partial charge in [-0.2, -0.15) is 0 Å². The van der Waals surface area contributed by atoms with Gasteiger partial charge >= 0.3 is 0 Å². The molecule has 0 spiro atoms. The van der Waals surface area contributed by atoms with Crippen molar-refractivity contribution in [3.8, 4) is 5.75 Å². The molecule has 4 nitrogen and oxygen atoms in total. The molecule has 0 aliphatic rings. The Balaban J connectivity index is 1.79. The van der Waals surface area contributed by atoms with E-state index in [-0.39, 0.29) is 19.1 Å². The monoisotopic (exact) mass is 325 g/mol. The van der Waals surface area contributed by atoms with Crippen LogP contribution in [0.5, 0.6) is 5.75 Å². The number of benzene rings is 1. The summed E-state index contributed by atoms with van der Waals surface area (Å²) in [5.41, 5.74) is 0.723. The number of nitrogens with one attached hydrogen (secondary N) is 1. The number of hydrogen-bond acceptors (Lipinski definition) is 4. The fraction of sp³-hybridized carbons (Fsp3) is 0.267. The van der Waals surface area contributed by atoms with Gasteiger partial charge in [-0.1, -0.05) is 11.6 Å². The number of hydrogen-bond donors (Lipinski definition) is 2. The third-order valence-corrected chi connectivity index (χ3v) is 4.02. The van der Waals surface area contributed by atoms with Gasteiger partial charge in [0.15, 0.2) is 0 Å². The number of carbonyl (C=O) groups is 1. The highest BCUT2D eigenvalue weighted by molar-refractivity contribution is 7.16. The number of aryl methyl sites for hydroxylation is 1. The lowest BCUT2D eigenvalue weighted by atomic mass is 10.2. The predicted octanol–water partition coefficient (Wildman–Crippen LogP) is 3.34. The van der Waals surface area contributed by atoms with Crippen LogP contribution in [-0.2, 0) is 11.2 Å². The van der Waals surface area contributed by atoms with Crippen molar-refractivity contribution in [1.82, 2.24) is 0 Å². The van der Waals surface area contributed by atoms with E-state index < -0.39 is 0 Å². The zero-order chi connectivity index (χ0) is 15.1. The van der Waals surface area contributed by atoms with E-state index >= 15 is 0 Å². The summed E-state index contributed by atoms with van der Waals surface area (Å²) < 4.78 is 5.99. The molecule has 1 heterocycles. The number of aliphatic hydroxyl groups excluding tert-OH is 1. The highest BCUT2D eigenvalue weighted by atomic mass is 35.5. The number of rotatable bonds is 7. The number of ether oxygens (including phenoxy) is 1. The van der Waals surface area contributed by atoms with E-state index in [0.29, 0.717) is 18.6 Å². The Morgan fingerprint density at radius 1 is 1.24 bits per heavy atom. The third-order valence-electron chi connectivity index (χ3n) is 2.73. The van der Waals surface area contributed by atoms with Gasteiger partial charge < -0.3 is 15.2 Å². The van der Waals surface area contributed by atoms with Crippen molar-refractivity contribution in [3.05, 3.63) is 45.6 Å². The van der Waals surface area contributed by atoms with Crippen LogP contribution in [0.3, 0.4) is 0 Å². The molecule has 2 N–H and O–H groups in total. The minimum atomic E-state index is -0.0384. The molecule has 0 fully saturated rings. The van der Waals surface area contributed by atoms with Crippen molar-refractivity contribution in [1.29, 1.82) is 0 Å². The van der Waals surface area contributed by atoms with Gasteiger partial charge in [-0.05, 0) is 42.8 Å². The van der Waals surface area contributed by atoms with Gasteiger partial charge in [0.25, 0.3) is 0 Å². The van der Waals surface area contributed by atoms with Gasteiger partial charge in [-0.25, -0.2) is 0 Å². The number of carbonyl (C=O) groups excluding carboxylic acids is 1. The Morgan fingerprint density at radius 3 is 2.62 bits per heavy atom. The first-order chi connectivity index (χ1) is 10.2. The second kappa shape index (κ2) is 8.02. The summed E-state index contributed by atoms with van der Waals surface area (Å²) in [6.07, 6.45) is 1.10. The molecule has 0 atom stereocenters. The maximum absolute atomic E-state index is 11.8. The highest BCUT2D eigenvalue weighted by Gasteiger charge is 2.05. The zero-order valence-electron chi connectivity index (χ0n) is 11.3. The number of aliphatic hydroxyl groups is 1. The van der Waals surface area contributed by atoms with Crippen molar-refractivity contribution >= 4 is 34.5 Å². The molecule has 6 heteroatoms. The predicted molar refractivity (Wildman–Crippen MR) is 85.3 cm³/mol. The minimum absolute atomic E-state index is 0.0226. The SMILES string of the molecule is O=C(CCc1ccc(Cl)s1)Nc1ccc(OCCO)cc1. The molecule has 0 aliphatic heterocycles. The van der Waals surface area contributed by atoms with Gasteiger partial charge in [0.05, 0.1) is 10.9 Å². The standard InChI is InChI=1S/C15H16ClNO3S/c16-14-7-5-13(21-14)6-8-15(19)17-11-1-3-12(4-2-11)20-10-9-18/h1-5,7,18H,6,8-10H2,(H,17,19). The van der Waals surface area contributed by atoms with Crippen molar-refractivity contribution < 1.29 is 14.6 Å². The third kappa shape index (κ3) is 5.38. The topological polar surface area (TPSA) is 58.6 Å². The first-order valence-corrected chi connectivity index (χ1v) is 7.74. The average Bonchev–Trinajstić information content (AvgIpc) is 2.90. The Labute approximate surface area is 132 Å². The molecule has 0 saturated carbocycles. The lowest BCUT2D eigenvalue weighted by molar-refractivity contribution is -0.116. The smallest absolute Gasteiger partial charge is 0.224 e. The molecule has 1 aromatic heterocycles. The van der Waals surface area contributed by atoms with Crippen LogP contribution >= 0.6 is 22.9 Å². The van der Waals surface area contributed by atoms with Gasteiger partial charge in [0, 0.05) is 17.0 Å². The van der Waals surface area contributed by atoms with Crippen LogP contribution in [0.4, 0.5) is 5.69 Å². The summed E-state index contributed by atoms with van der Waals surface area (Å²) in [6.45, 7) is 0.236. The van der Waals surface area contributed by atoms with Crippen molar-refractivity contribution in [2.24, 2.45) is 0 Å². The second-order valence-electron chi connectivity index (χ2n) is 4.35. The lowest BCUT2D eigenvalue weighted by Gasteiger charge is -2.07. The van der Waals surface area contributed by atoms with Crippen LogP contribution in [-0.4, -0.2) is 24.2 Å². The first kappa shape index (κ1) is 15.8. The highest BCUT2D eigenvalue weighted by Crippen LogP contribution is 2.22. The number of anilines is 1. The molecule has 0 bridgehead atoms. The molecule has 0 radical (unpaired) electrons. The van der Waals surface area contributed by atoms with Gasteiger partial charge in [0.2, 0.25) is 5.91 Å². The van der Waals surface area contributed by atoms with Crippen LogP contribution in [0.25, 0.3) is 0 Å². The minimum Gasteiger partial charge on any atom is -0.491 e. The fourth-order valence-corrected chi connectivity index (χ4v) is 2.83.